The van der Waals surface area contributed by atoms with Crippen LogP contribution in [0, 0.1) is 0 Å². The average molecular weight is 471 g/mol. The Kier molecular flexibility index (Phi) is 6.76. The number of hydrogen-bond acceptors (Lipinski definition) is 5. The van der Waals surface area contributed by atoms with Crippen molar-refractivity contribution in [2.45, 2.75) is 51.3 Å². The minimum atomic E-state index is -3.66. The molecule has 1 aliphatic carbocycles. The lowest BCUT2D eigenvalue weighted by Gasteiger charge is -2.20. The number of aryl methyl sites for hydroxylation is 2. The molecule has 1 N–H and O–H groups in total. The topological polar surface area (TPSA) is 88.9 Å². The summed E-state index contributed by atoms with van der Waals surface area (Å²) in [4.78, 5) is 13.1. The SMILES string of the molecule is CCOc1ccc(S(=O)(=O)N(CC)CC)cc1NC(=O)Cc1coc2cc3c(cc12)CCC3. The summed E-state index contributed by atoms with van der Waals surface area (Å²) in [6, 6.07) is 8.78. The number of sulfonamides is 1. The number of carbonyl (C=O) groups excluding carboxylic acids is 1. The second-order valence-electron chi connectivity index (χ2n) is 8.14. The van der Waals surface area contributed by atoms with Crippen molar-refractivity contribution in [2.24, 2.45) is 0 Å². The molecule has 0 radical (unpaired) electrons. The van der Waals surface area contributed by atoms with Gasteiger partial charge in [-0.1, -0.05) is 13.8 Å². The van der Waals surface area contributed by atoms with Gasteiger partial charge in [-0.15, -0.1) is 0 Å². The molecule has 0 saturated carbocycles. The standard InChI is InChI=1S/C25H30N2O5S/c1-4-27(5-2)33(29,30)20-10-11-23(31-6-3)22(15-20)26-25(28)14-19-16-32-24-13-18-9-7-8-17(18)12-21(19)24/h10-13,15-16H,4-9,14H2,1-3H3,(H,26,28). The molecule has 1 aliphatic rings. The number of fused-ring (bicyclic) bond motifs is 2. The van der Waals surface area contributed by atoms with Gasteiger partial charge < -0.3 is 14.5 Å². The molecular formula is C25H30N2O5S. The molecule has 0 aliphatic heterocycles. The van der Waals surface area contributed by atoms with Gasteiger partial charge in [-0.05, 0) is 67.6 Å². The van der Waals surface area contributed by atoms with Crippen LogP contribution >= 0.6 is 0 Å². The van der Waals surface area contributed by atoms with Gasteiger partial charge in [-0.25, -0.2) is 8.42 Å². The zero-order valence-electron chi connectivity index (χ0n) is 19.3. The van der Waals surface area contributed by atoms with Crippen LogP contribution in [0.25, 0.3) is 11.0 Å². The molecule has 2 aromatic carbocycles. The highest BCUT2D eigenvalue weighted by Crippen LogP contribution is 2.32. The smallest absolute Gasteiger partial charge is 0.243 e. The Morgan fingerprint density at radius 2 is 1.82 bits per heavy atom. The maximum Gasteiger partial charge on any atom is 0.243 e. The molecule has 1 aromatic heterocycles. The van der Waals surface area contributed by atoms with Crippen molar-refractivity contribution in [1.29, 1.82) is 0 Å². The van der Waals surface area contributed by atoms with Gasteiger partial charge in [0.05, 0.1) is 29.9 Å². The molecule has 33 heavy (non-hydrogen) atoms. The van der Waals surface area contributed by atoms with Crippen LogP contribution < -0.4 is 10.1 Å². The lowest BCUT2D eigenvalue weighted by atomic mass is 10.0. The highest BCUT2D eigenvalue weighted by atomic mass is 32.2. The zero-order chi connectivity index (χ0) is 23.6. The molecule has 3 aromatic rings. The maximum absolute atomic E-state index is 13.0. The third-order valence-corrected chi connectivity index (χ3v) is 8.13. The van der Waals surface area contributed by atoms with Gasteiger partial charge in [0.1, 0.15) is 11.3 Å². The molecule has 0 unspecified atom stereocenters. The third-order valence-electron chi connectivity index (χ3n) is 6.09. The first-order valence-corrected chi connectivity index (χ1v) is 12.9. The third kappa shape index (κ3) is 4.63. The molecule has 176 valence electrons. The maximum atomic E-state index is 13.0. The quantitative estimate of drug-likeness (QED) is 0.496. The van der Waals surface area contributed by atoms with Crippen molar-refractivity contribution in [1.82, 2.24) is 4.31 Å². The minimum Gasteiger partial charge on any atom is -0.492 e. The summed E-state index contributed by atoms with van der Waals surface area (Å²) in [6.07, 6.45) is 5.00. The van der Waals surface area contributed by atoms with E-state index in [0.29, 0.717) is 31.1 Å². The molecule has 0 spiro atoms. The molecule has 8 heteroatoms. The molecule has 7 nitrogen and oxygen atoms in total. The van der Waals surface area contributed by atoms with E-state index < -0.39 is 10.0 Å². The summed E-state index contributed by atoms with van der Waals surface area (Å²) in [5.41, 5.74) is 4.57. The number of anilines is 1. The van der Waals surface area contributed by atoms with Crippen LogP contribution in [0.2, 0.25) is 0 Å². The molecule has 0 bridgehead atoms. The van der Waals surface area contributed by atoms with Gasteiger partial charge in [-0.2, -0.15) is 4.31 Å². The molecule has 0 saturated heterocycles. The fourth-order valence-electron chi connectivity index (χ4n) is 4.41. The van der Waals surface area contributed by atoms with E-state index >= 15 is 0 Å². The van der Waals surface area contributed by atoms with Crippen molar-refractivity contribution in [3.63, 3.8) is 0 Å². The van der Waals surface area contributed by atoms with Gasteiger partial charge in [0.2, 0.25) is 15.9 Å². The largest absolute Gasteiger partial charge is 0.492 e. The Bertz CT molecular complexity index is 1280. The number of ether oxygens (including phenoxy) is 1. The van der Waals surface area contributed by atoms with Crippen LogP contribution in [-0.2, 0) is 34.1 Å². The molecule has 1 amide bonds. The Morgan fingerprint density at radius 1 is 1.09 bits per heavy atom. The lowest BCUT2D eigenvalue weighted by Crippen LogP contribution is -2.30. The molecule has 4 rings (SSSR count). The Labute approximate surface area is 194 Å². The predicted molar refractivity (Wildman–Crippen MR) is 128 cm³/mol. The van der Waals surface area contributed by atoms with Crippen LogP contribution in [0.4, 0.5) is 5.69 Å². The Hall–Kier alpha value is -2.84. The Balaban J connectivity index is 1.60. The zero-order valence-corrected chi connectivity index (χ0v) is 20.1. The van der Waals surface area contributed by atoms with Crippen molar-refractivity contribution in [2.75, 3.05) is 25.0 Å². The lowest BCUT2D eigenvalue weighted by molar-refractivity contribution is -0.115. The highest BCUT2D eigenvalue weighted by molar-refractivity contribution is 7.89. The van der Waals surface area contributed by atoms with E-state index in [2.05, 4.69) is 17.4 Å². The van der Waals surface area contributed by atoms with Gasteiger partial charge in [0.25, 0.3) is 0 Å². The summed E-state index contributed by atoms with van der Waals surface area (Å²) in [5, 5.41) is 3.80. The Morgan fingerprint density at radius 3 is 2.52 bits per heavy atom. The fraction of sp³-hybridized carbons (Fsp3) is 0.400. The van der Waals surface area contributed by atoms with E-state index in [1.165, 1.54) is 27.6 Å². The number of nitrogens with one attached hydrogen (secondary N) is 1. The molecule has 1 heterocycles. The van der Waals surface area contributed by atoms with Gasteiger partial charge in [0, 0.05) is 24.0 Å². The van der Waals surface area contributed by atoms with E-state index in [4.69, 9.17) is 9.15 Å². The second kappa shape index (κ2) is 9.57. The minimum absolute atomic E-state index is 0.115. The van der Waals surface area contributed by atoms with Crippen molar-refractivity contribution in [3.8, 4) is 5.75 Å². The predicted octanol–water partition coefficient (Wildman–Crippen LogP) is 4.53. The van der Waals surface area contributed by atoms with Crippen LogP contribution in [0.5, 0.6) is 5.75 Å². The van der Waals surface area contributed by atoms with Crippen LogP contribution in [0.15, 0.2) is 45.9 Å². The monoisotopic (exact) mass is 470 g/mol. The number of carbonyl (C=O) groups is 1. The first-order valence-electron chi connectivity index (χ1n) is 11.5. The van der Waals surface area contributed by atoms with Gasteiger partial charge >= 0.3 is 0 Å². The number of furan rings is 1. The van der Waals surface area contributed by atoms with E-state index in [1.54, 1.807) is 26.2 Å². The van der Waals surface area contributed by atoms with Crippen molar-refractivity contribution in [3.05, 3.63) is 53.3 Å². The van der Waals surface area contributed by atoms with Crippen molar-refractivity contribution < 1.29 is 22.4 Å². The molecule has 0 fully saturated rings. The van der Waals surface area contributed by atoms with Gasteiger partial charge in [-0.3, -0.25) is 4.79 Å². The van der Waals surface area contributed by atoms with E-state index in [0.717, 1.165) is 35.8 Å². The van der Waals surface area contributed by atoms with E-state index in [-0.39, 0.29) is 17.2 Å². The van der Waals surface area contributed by atoms with Crippen LogP contribution in [-0.4, -0.2) is 38.3 Å². The summed E-state index contributed by atoms with van der Waals surface area (Å²) in [5.74, 6) is 0.163. The number of amides is 1. The first-order chi connectivity index (χ1) is 15.9. The van der Waals surface area contributed by atoms with Crippen LogP contribution in [0.3, 0.4) is 0 Å². The molecular weight excluding hydrogens is 440 g/mol. The first kappa shape index (κ1) is 23.3. The second-order valence-corrected chi connectivity index (χ2v) is 10.1. The highest BCUT2D eigenvalue weighted by Gasteiger charge is 2.24. The number of benzene rings is 2. The summed E-state index contributed by atoms with van der Waals surface area (Å²) < 4.78 is 38.6. The number of rotatable bonds is 9. The van der Waals surface area contributed by atoms with Gasteiger partial charge in [0.15, 0.2) is 0 Å². The summed E-state index contributed by atoms with van der Waals surface area (Å²) in [6.45, 7) is 6.55. The van der Waals surface area contributed by atoms with Crippen LogP contribution in [0.1, 0.15) is 43.9 Å². The van der Waals surface area contributed by atoms with Crippen molar-refractivity contribution >= 4 is 32.6 Å². The van der Waals surface area contributed by atoms with E-state index in [9.17, 15) is 13.2 Å². The van der Waals surface area contributed by atoms with E-state index in [1.807, 2.05) is 6.92 Å². The normalized spacial score (nSPS) is 13.5. The number of hydrogen-bond donors (Lipinski definition) is 1. The fourth-order valence-corrected chi connectivity index (χ4v) is 5.90. The summed E-state index contributed by atoms with van der Waals surface area (Å²) >= 11 is 0. The molecule has 0 atom stereocenters. The average Bonchev–Trinajstić information content (AvgIpc) is 3.40. The number of nitrogens with zero attached hydrogens (tertiary/aromatic N) is 1. The summed E-state index contributed by atoms with van der Waals surface area (Å²) in [7, 11) is -3.66.